The summed E-state index contributed by atoms with van der Waals surface area (Å²) in [7, 11) is 0. The molecule has 7 nitrogen and oxygen atoms in total. The van der Waals surface area contributed by atoms with Crippen LogP contribution in [-0.2, 0) is 20.9 Å². The molecule has 5 atom stereocenters. The van der Waals surface area contributed by atoms with Gasteiger partial charge in [0.2, 0.25) is 5.91 Å². The van der Waals surface area contributed by atoms with Crippen LogP contribution in [0.15, 0.2) is 30.3 Å². The summed E-state index contributed by atoms with van der Waals surface area (Å²) in [5.41, 5.74) is 0.897. The molecule has 1 fully saturated rings. The predicted octanol–water partition coefficient (Wildman–Crippen LogP) is -0.853. The van der Waals surface area contributed by atoms with Gasteiger partial charge >= 0.3 is 0 Å². The lowest BCUT2D eigenvalue weighted by Crippen LogP contribution is -2.64. The van der Waals surface area contributed by atoms with Gasteiger partial charge in [0.05, 0.1) is 13.2 Å². The number of carbonyl (C=O) groups is 1. The number of aliphatic hydroxyl groups excluding tert-OH is 3. The number of benzene rings is 1. The fraction of sp³-hybridized carbons (Fsp3) is 0.533. The zero-order chi connectivity index (χ0) is 16.1. The molecule has 1 aromatic rings. The molecule has 0 bridgehead atoms. The normalized spacial score (nSPS) is 31.7. The van der Waals surface area contributed by atoms with Crippen LogP contribution in [0.25, 0.3) is 0 Å². The molecular weight excluding hydrogens is 290 g/mol. The van der Waals surface area contributed by atoms with Gasteiger partial charge in [-0.25, -0.2) is 0 Å². The van der Waals surface area contributed by atoms with Gasteiger partial charge in [-0.2, -0.15) is 0 Å². The maximum Gasteiger partial charge on any atom is 0.217 e. The van der Waals surface area contributed by atoms with Crippen molar-refractivity contribution in [2.24, 2.45) is 0 Å². The standard InChI is InChI=1S/C15H21NO6/c1-9(18)16-12-14(20)13(19)11(7-17)22-15(12)21-8-10-5-3-2-4-6-10/h2-6,11-15,17,19-20H,7-8H2,1H3,(H,16,18)/t11-,12-,13-,14-,15+/m1/s1. The number of hydrogen-bond acceptors (Lipinski definition) is 6. The lowest BCUT2D eigenvalue weighted by atomic mass is 9.97. The number of ether oxygens (including phenoxy) is 2. The van der Waals surface area contributed by atoms with Crippen molar-refractivity contribution in [1.82, 2.24) is 5.32 Å². The minimum absolute atomic E-state index is 0.211. The van der Waals surface area contributed by atoms with Crippen molar-refractivity contribution in [2.45, 2.75) is 44.2 Å². The molecule has 0 unspecified atom stereocenters. The lowest BCUT2D eigenvalue weighted by Gasteiger charge is -2.42. The van der Waals surface area contributed by atoms with Crippen LogP contribution in [0.2, 0.25) is 0 Å². The number of rotatable bonds is 5. The summed E-state index contributed by atoms with van der Waals surface area (Å²) < 4.78 is 11.1. The Morgan fingerprint density at radius 1 is 1.27 bits per heavy atom. The maximum atomic E-state index is 11.3. The second-order valence-corrected chi connectivity index (χ2v) is 5.23. The van der Waals surface area contributed by atoms with E-state index in [1.54, 1.807) is 0 Å². The molecular formula is C15H21NO6. The molecule has 7 heteroatoms. The van der Waals surface area contributed by atoms with Crippen molar-refractivity contribution in [3.05, 3.63) is 35.9 Å². The van der Waals surface area contributed by atoms with E-state index >= 15 is 0 Å². The Hall–Kier alpha value is -1.51. The Labute approximate surface area is 128 Å². The van der Waals surface area contributed by atoms with E-state index in [9.17, 15) is 20.1 Å². The SMILES string of the molecule is CC(=O)N[C@H]1[C@@H](OCc2ccccc2)O[C@H](CO)[C@@H](O)[C@@H]1O. The Kier molecular flexibility index (Phi) is 5.87. The molecule has 1 heterocycles. The van der Waals surface area contributed by atoms with Gasteiger partial charge in [-0.1, -0.05) is 30.3 Å². The summed E-state index contributed by atoms with van der Waals surface area (Å²) in [6, 6.07) is 8.42. The highest BCUT2D eigenvalue weighted by molar-refractivity contribution is 5.73. The van der Waals surface area contributed by atoms with Gasteiger partial charge in [0.15, 0.2) is 6.29 Å². The number of hydrogen-bond donors (Lipinski definition) is 4. The van der Waals surface area contributed by atoms with Crippen molar-refractivity contribution in [2.75, 3.05) is 6.61 Å². The molecule has 2 rings (SSSR count). The highest BCUT2D eigenvalue weighted by Gasteiger charge is 2.45. The van der Waals surface area contributed by atoms with E-state index in [1.807, 2.05) is 30.3 Å². The van der Waals surface area contributed by atoms with E-state index in [1.165, 1.54) is 6.92 Å². The third-order valence-corrected chi connectivity index (χ3v) is 3.51. The lowest BCUT2D eigenvalue weighted by molar-refractivity contribution is -0.273. The average molecular weight is 311 g/mol. The summed E-state index contributed by atoms with van der Waals surface area (Å²) in [5.74, 6) is -0.379. The third-order valence-electron chi connectivity index (χ3n) is 3.51. The zero-order valence-corrected chi connectivity index (χ0v) is 12.3. The zero-order valence-electron chi connectivity index (χ0n) is 12.3. The highest BCUT2D eigenvalue weighted by atomic mass is 16.7. The highest BCUT2D eigenvalue weighted by Crippen LogP contribution is 2.23. The smallest absolute Gasteiger partial charge is 0.217 e. The molecule has 0 saturated carbocycles. The average Bonchev–Trinajstić information content (AvgIpc) is 2.52. The molecule has 0 radical (unpaired) electrons. The van der Waals surface area contributed by atoms with Crippen LogP contribution < -0.4 is 5.32 Å². The first-order chi connectivity index (χ1) is 10.5. The van der Waals surface area contributed by atoms with Crippen molar-refractivity contribution in [1.29, 1.82) is 0 Å². The molecule has 0 aromatic heterocycles. The number of nitrogens with one attached hydrogen (secondary N) is 1. The van der Waals surface area contributed by atoms with Gasteiger partial charge in [0.25, 0.3) is 0 Å². The van der Waals surface area contributed by atoms with Crippen LogP contribution in [0, 0.1) is 0 Å². The summed E-state index contributed by atoms with van der Waals surface area (Å²) in [4.78, 5) is 11.3. The van der Waals surface area contributed by atoms with E-state index in [4.69, 9.17) is 9.47 Å². The predicted molar refractivity (Wildman–Crippen MR) is 76.6 cm³/mol. The van der Waals surface area contributed by atoms with Crippen LogP contribution in [-0.4, -0.2) is 58.5 Å². The molecule has 1 aliphatic rings. The van der Waals surface area contributed by atoms with Crippen molar-refractivity contribution < 1.29 is 29.6 Å². The van der Waals surface area contributed by atoms with Gasteiger partial charge < -0.3 is 30.1 Å². The van der Waals surface area contributed by atoms with Crippen molar-refractivity contribution in [3.8, 4) is 0 Å². The van der Waals surface area contributed by atoms with Crippen molar-refractivity contribution in [3.63, 3.8) is 0 Å². The van der Waals surface area contributed by atoms with Crippen LogP contribution in [0.5, 0.6) is 0 Å². The Balaban J connectivity index is 2.07. The quantitative estimate of drug-likeness (QED) is 0.564. The second-order valence-electron chi connectivity index (χ2n) is 5.23. The van der Waals surface area contributed by atoms with Crippen LogP contribution >= 0.6 is 0 Å². The fourth-order valence-electron chi connectivity index (χ4n) is 2.37. The summed E-state index contributed by atoms with van der Waals surface area (Å²) in [6.07, 6.45) is -4.55. The summed E-state index contributed by atoms with van der Waals surface area (Å²) in [5, 5.41) is 31.7. The molecule has 22 heavy (non-hydrogen) atoms. The fourth-order valence-corrected chi connectivity index (χ4v) is 2.37. The number of amides is 1. The molecule has 4 N–H and O–H groups in total. The first kappa shape index (κ1) is 16.9. The van der Waals surface area contributed by atoms with Gasteiger partial charge in [-0.05, 0) is 5.56 Å². The summed E-state index contributed by atoms with van der Waals surface area (Å²) in [6.45, 7) is 1.05. The first-order valence-electron chi connectivity index (χ1n) is 7.08. The van der Waals surface area contributed by atoms with Gasteiger partial charge in [-0.15, -0.1) is 0 Å². The largest absolute Gasteiger partial charge is 0.394 e. The minimum Gasteiger partial charge on any atom is -0.394 e. The van der Waals surface area contributed by atoms with E-state index in [-0.39, 0.29) is 12.5 Å². The Morgan fingerprint density at radius 2 is 1.95 bits per heavy atom. The Bertz CT molecular complexity index is 482. The van der Waals surface area contributed by atoms with E-state index < -0.39 is 37.3 Å². The van der Waals surface area contributed by atoms with Crippen LogP contribution in [0.4, 0.5) is 0 Å². The first-order valence-corrected chi connectivity index (χ1v) is 7.08. The van der Waals surface area contributed by atoms with Gasteiger partial charge in [-0.3, -0.25) is 4.79 Å². The monoisotopic (exact) mass is 311 g/mol. The molecule has 1 saturated heterocycles. The number of aliphatic hydroxyl groups is 3. The van der Waals surface area contributed by atoms with E-state index in [2.05, 4.69) is 5.32 Å². The van der Waals surface area contributed by atoms with Crippen LogP contribution in [0.1, 0.15) is 12.5 Å². The minimum atomic E-state index is -1.31. The molecule has 1 aliphatic heterocycles. The molecule has 122 valence electrons. The second kappa shape index (κ2) is 7.66. The third kappa shape index (κ3) is 4.02. The summed E-state index contributed by atoms with van der Waals surface area (Å²) >= 11 is 0. The molecule has 1 aromatic carbocycles. The van der Waals surface area contributed by atoms with Crippen LogP contribution in [0.3, 0.4) is 0 Å². The maximum absolute atomic E-state index is 11.3. The topological polar surface area (TPSA) is 108 Å². The number of carbonyl (C=O) groups excluding carboxylic acids is 1. The van der Waals surface area contributed by atoms with E-state index in [0.29, 0.717) is 0 Å². The molecule has 0 spiro atoms. The van der Waals surface area contributed by atoms with Gasteiger partial charge in [0.1, 0.15) is 24.4 Å². The molecule has 1 amide bonds. The van der Waals surface area contributed by atoms with E-state index in [0.717, 1.165) is 5.56 Å². The van der Waals surface area contributed by atoms with Gasteiger partial charge in [0, 0.05) is 6.92 Å². The Morgan fingerprint density at radius 3 is 2.55 bits per heavy atom. The van der Waals surface area contributed by atoms with Crippen molar-refractivity contribution >= 4 is 5.91 Å². The molecule has 0 aliphatic carbocycles.